The Morgan fingerprint density at radius 2 is 0.779 bits per heavy atom. The summed E-state index contributed by atoms with van der Waals surface area (Å²) in [5, 5.41) is 7.52. The molecule has 77 heavy (non-hydrogen) atoms. The molecular formula is C72H49BN2S2. The second kappa shape index (κ2) is 19.1. The van der Waals surface area contributed by atoms with Crippen LogP contribution in [0.5, 0.6) is 0 Å². The average Bonchev–Trinajstić information content (AvgIpc) is 3.51. The number of fused-ring (bicyclic) bond motifs is 7. The van der Waals surface area contributed by atoms with Gasteiger partial charge in [-0.2, -0.15) is 0 Å². The minimum atomic E-state index is 0.0524. The van der Waals surface area contributed by atoms with Gasteiger partial charge in [-0.15, -0.1) is 0 Å². The molecule has 0 saturated carbocycles. The fraction of sp³-hybridized carbons (Fsp3) is 0.0278. The summed E-state index contributed by atoms with van der Waals surface area (Å²) in [5.41, 5.74) is 18.7. The van der Waals surface area contributed by atoms with Gasteiger partial charge in [0.1, 0.15) is 0 Å². The van der Waals surface area contributed by atoms with Gasteiger partial charge in [0.2, 0.25) is 6.71 Å². The smallest absolute Gasteiger partial charge is 0.247 e. The molecule has 0 spiro atoms. The summed E-state index contributed by atoms with van der Waals surface area (Å²) >= 11 is 3.87. The van der Waals surface area contributed by atoms with E-state index in [-0.39, 0.29) is 6.71 Å². The maximum absolute atomic E-state index is 2.53. The molecule has 12 aromatic carbocycles. The third kappa shape index (κ3) is 7.83. The van der Waals surface area contributed by atoms with Gasteiger partial charge in [-0.25, -0.2) is 0 Å². The zero-order chi connectivity index (χ0) is 50.8. The van der Waals surface area contributed by atoms with E-state index in [1.54, 1.807) is 0 Å². The van der Waals surface area contributed by atoms with E-state index in [4.69, 9.17) is 0 Å². The Kier molecular flexibility index (Phi) is 11.3. The molecule has 0 atom stereocenters. The number of benzene rings is 12. The average molecular weight is 1020 g/mol. The Morgan fingerprint density at radius 1 is 0.338 bits per heavy atom. The van der Waals surface area contributed by atoms with E-state index in [1.165, 1.54) is 119 Å². The summed E-state index contributed by atoms with van der Waals surface area (Å²) in [4.78, 5) is 10.1. The topological polar surface area (TPSA) is 6.48 Å². The van der Waals surface area contributed by atoms with E-state index < -0.39 is 0 Å². The first kappa shape index (κ1) is 45.6. The van der Waals surface area contributed by atoms with Crippen molar-refractivity contribution in [1.82, 2.24) is 0 Å². The lowest BCUT2D eigenvalue weighted by Crippen LogP contribution is -2.58. The molecule has 3 aliphatic rings. The minimum absolute atomic E-state index is 0.0524. The van der Waals surface area contributed by atoms with Crippen molar-refractivity contribution in [3.05, 3.63) is 279 Å². The largest absolute Gasteiger partial charge is 0.314 e. The Morgan fingerprint density at radius 3 is 1.30 bits per heavy atom. The van der Waals surface area contributed by atoms with Crippen molar-refractivity contribution in [2.75, 3.05) is 9.80 Å². The number of rotatable bonds is 9. The highest BCUT2D eigenvalue weighted by Gasteiger charge is 2.39. The molecule has 0 unspecified atom stereocenters. The van der Waals surface area contributed by atoms with Crippen molar-refractivity contribution in [2.24, 2.45) is 0 Å². The van der Waals surface area contributed by atoms with Crippen molar-refractivity contribution in [3.63, 3.8) is 0 Å². The van der Waals surface area contributed by atoms with Crippen LogP contribution in [0.3, 0.4) is 0 Å². The lowest BCUT2D eigenvalue weighted by molar-refractivity contribution is 0.917. The molecule has 5 heteroatoms. The number of hydrogen-bond donors (Lipinski definition) is 0. The number of para-hydroxylation sites is 3. The molecule has 2 heterocycles. The van der Waals surface area contributed by atoms with Crippen LogP contribution in [-0.4, -0.2) is 6.71 Å². The van der Waals surface area contributed by atoms with Crippen LogP contribution in [0.2, 0.25) is 0 Å². The molecule has 0 amide bonds. The zero-order valence-electron chi connectivity index (χ0n) is 42.2. The molecule has 2 nitrogen and oxygen atoms in total. The normalized spacial score (nSPS) is 13.2. The highest BCUT2D eigenvalue weighted by Crippen LogP contribution is 2.50. The van der Waals surface area contributed by atoms with Crippen LogP contribution in [0.15, 0.2) is 298 Å². The predicted octanol–water partition coefficient (Wildman–Crippen LogP) is 18.4. The van der Waals surface area contributed by atoms with Crippen molar-refractivity contribution in [2.45, 2.75) is 32.4 Å². The van der Waals surface area contributed by atoms with Crippen molar-refractivity contribution >= 4 is 107 Å². The third-order valence-electron chi connectivity index (χ3n) is 15.8. The monoisotopic (exact) mass is 1020 g/mol. The maximum atomic E-state index is 2.53. The van der Waals surface area contributed by atoms with E-state index in [9.17, 15) is 0 Å². The predicted molar refractivity (Wildman–Crippen MR) is 331 cm³/mol. The minimum Gasteiger partial charge on any atom is -0.314 e. The second-order valence-corrected chi connectivity index (χ2v) is 22.4. The van der Waals surface area contributed by atoms with Gasteiger partial charge in [0.05, 0.1) is 0 Å². The quantitative estimate of drug-likeness (QED) is 0.105. The van der Waals surface area contributed by atoms with Crippen LogP contribution >= 0.6 is 23.5 Å². The summed E-state index contributed by atoms with van der Waals surface area (Å²) in [6.45, 7) is 0.0524. The summed E-state index contributed by atoms with van der Waals surface area (Å²) < 4.78 is 0. The van der Waals surface area contributed by atoms with Gasteiger partial charge < -0.3 is 9.80 Å². The van der Waals surface area contributed by atoms with Gasteiger partial charge in [0.15, 0.2) is 0 Å². The number of hydrogen-bond acceptors (Lipinski definition) is 4. The highest BCUT2D eigenvalue weighted by molar-refractivity contribution is 8.01. The van der Waals surface area contributed by atoms with Crippen LogP contribution < -0.4 is 26.2 Å². The third-order valence-corrected chi connectivity index (χ3v) is 18.0. The Balaban J connectivity index is 0.946. The summed E-state index contributed by atoms with van der Waals surface area (Å²) in [5.74, 6) is 0. The standard InChI is InChI=1S/C72H49BN2S2/c1-6-22-48(23-7-1)56-40-41-63(58-33-17-16-32-57(56)58)71-61-36-20-18-34-59(61)70(60-35-19-21-37-62(60)71)49-44-68-72-69(45-49)77-67-47-55(75(52-28-12-4-13-29-52)53-30-14-5-15-31-53)39-43-65(67)73(72)64-42-38-54(46-66(64)76-68)74(50-24-8-2-9-25-50)51-26-10-3-11-27-51/h1-14,16-30,32-47H,15,31H2. The summed E-state index contributed by atoms with van der Waals surface area (Å²) in [6, 6.07) is 94.7. The van der Waals surface area contributed by atoms with Gasteiger partial charge in [-0.1, -0.05) is 229 Å². The lowest BCUT2D eigenvalue weighted by atomic mass is 9.36. The van der Waals surface area contributed by atoms with Crippen LogP contribution in [-0.2, 0) is 0 Å². The van der Waals surface area contributed by atoms with Crippen LogP contribution in [0.25, 0.3) is 65.7 Å². The molecule has 2 aliphatic heterocycles. The fourth-order valence-electron chi connectivity index (χ4n) is 12.4. The molecule has 0 aromatic heterocycles. The first-order chi connectivity index (χ1) is 38.2. The van der Waals surface area contributed by atoms with E-state index >= 15 is 0 Å². The van der Waals surface area contributed by atoms with Crippen LogP contribution in [0, 0.1) is 0 Å². The SMILES string of the molecule is C1=CCCC(N(c2ccccc2)c2ccc3c(c2)Sc2cc(-c4c5ccccc5c(-c5ccc(-c6ccccc6)c6ccccc56)c5ccccc45)cc4c2B3c2ccc(N(c3ccccc3)c3ccccc3)cc2S4)=C1. The maximum Gasteiger partial charge on any atom is 0.247 e. The Bertz CT molecular complexity index is 4250. The molecule has 362 valence electrons. The Hall–Kier alpha value is -8.74. The second-order valence-electron chi connectivity index (χ2n) is 20.2. The molecule has 0 radical (unpaired) electrons. The van der Waals surface area contributed by atoms with E-state index in [0.29, 0.717) is 0 Å². The summed E-state index contributed by atoms with van der Waals surface area (Å²) in [6.07, 6.45) is 8.79. The first-order valence-electron chi connectivity index (χ1n) is 26.7. The highest BCUT2D eigenvalue weighted by atomic mass is 32.2. The van der Waals surface area contributed by atoms with E-state index in [2.05, 4.69) is 283 Å². The number of allylic oxidation sites excluding steroid dienone is 4. The van der Waals surface area contributed by atoms with Crippen LogP contribution in [0.4, 0.5) is 28.4 Å². The number of anilines is 5. The lowest BCUT2D eigenvalue weighted by Gasteiger charge is -2.35. The summed E-state index contributed by atoms with van der Waals surface area (Å²) in [7, 11) is 0. The van der Waals surface area contributed by atoms with Crippen LogP contribution in [0.1, 0.15) is 12.8 Å². The molecule has 1 aliphatic carbocycles. The van der Waals surface area contributed by atoms with Gasteiger partial charge in [-0.05, 0) is 163 Å². The van der Waals surface area contributed by atoms with Crippen molar-refractivity contribution in [1.29, 1.82) is 0 Å². The fourth-order valence-corrected chi connectivity index (χ4v) is 15.0. The molecule has 0 saturated heterocycles. The van der Waals surface area contributed by atoms with Gasteiger partial charge >= 0.3 is 0 Å². The molecule has 12 aromatic rings. The van der Waals surface area contributed by atoms with Gasteiger partial charge in [0.25, 0.3) is 0 Å². The number of nitrogens with zero attached hydrogens (tertiary/aromatic N) is 2. The Labute approximate surface area is 458 Å². The molecule has 15 rings (SSSR count). The van der Waals surface area contributed by atoms with Crippen molar-refractivity contribution in [3.8, 4) is 33.4 Å². The van der Waals surface area contributed by atoms with Crippen molar-refractivity contribution < 1.29 is 0 Å². The van der Waals surface area contributed by atoms with Gasteiger partial charge in [0, 0.05) is 53.7 Å². The zero-order valence-corrected chi connectivity index (χ0v) is 43.8. The molecule has 0 bridgehead atoms. The molecule has 0 fully saturated rings. The first-order valence-corrected chi connectivity index (χ1v) is 28.3. The van der Waals surface area contributed by atoms with E-state index in [1.807, 2.05) is 23.5 Å². The van der Waals surface area contributed by atoms with E-state index in [0.717, 1.165) is 29.9 Å². The molecule has 0 N–H and O–H groups in total. The van der Waals surface area contributed by atoms with Gasteiger partial charge in [-0.3, -0.25) is 0 Å². The molecular weight excluding hydrogens is 968 g/mol.